The molecule has 0 saturated carbocycles. The molecule has 0 aliphatic heterocycles. The standard InChI is InChI=1S/C10H18N4O2S/c1-3-16-10(15)9-8(7-11)14(13-12-9)5-4-6-17-2/h3-7,11H2,1-2H3. The maximum Gasteiger partial charge on any atom is 0.360 e. The van der Waals surface area contributed by atoms with Crippen LogP contribution in [-0.2, 0) is 17.8 Å². The van der Waals surface area contributed by atoms with Gasteiger partial charge in [-0.15, -0.1) is 5.10 Å². The van der Waals surface area contributed by atoms with Crippen molar-refractivity contribution in [3.63, 3.8) is 0 Å². The highest BCUT2D eigenvalue weighted by Crippen LogP contribution is 2.08. The minimum absolute atomic E-state index is 0.235. The Morgan fingerprint density at radius 2 is 2.35 bits per heavy atom. The van der Waals surface area contributed by atoms with Crippen LogP contribution in [0.15, 0.2) is 0 Å². The van der Waals surface area contributed by atoms with E-state index in [0.29, 0.717) is 12.3 Å². The average molecular weight is 258 g/mol. The molecule has 1 heterocycles. The van der Waals surface area contributed by atoms with Gasteiger partial charge in [0.2, 0.25) is 0 Å². The first-order valence-electron chi connectivity index (χ1n) is 5.53. The predicted molar refractivity (Wildman–Crippen MR) is 66.9 cm³/mol. The van der Waals surface area contributed by atoms with Crippen molar-refractivity contribution < 1.29 is 9.53 Å². The van der Waals surface area contributed by atoms with Gasteiger partial charge in [-0.3, -0.25) is 0 Å². The molecule has 0 amide bonds. The number of hydrogen-bond donors (Lipinski definition) is 1. The summed E-state index contributed by atoms with van der Waals surface area (Å²) in [6.07, 6.45) is 3.02. The number of rotatable bonds is 7. The normalized spacial score (nSPS) is 10.5. The van der Waals surface area contributed by atoms with E-state index in [1.807, 2.05) is 0 Å². The first kappa shape index (κ1) is 14.0. The molecule has 0 saturated heterocycles. The molecule has 0 spiro atoms. The van der Waals surface area contributed by atoms with Gasteiger partial charge in [0.1, 0.15) is 0 Å². The molecule has 0 atom stereocenters. The minimum Gasteiger partial charge on any atom is -0.461 e. The summed E-state index contributed by atoms with van der Waals surface area (Å²) in [4.78, 5) is 11.6. The van der Waals surface area contributed by atoms with Crippen molar-refractivity contribution in [2.45, 2.75) is 26.4 Å². The van der Waals surface area contributed by atoms with E-state index < -0.39 is 5.97 Å². The van der Waals surface area contributed by atoms with E-state index in [9.17, 15) is 4.79 Å². The summed E-state index contributed by atoms with van der Waals surface area (Å²) >= 11 is 1.77. The van der Waals surface area contributed by atoms with Crippen molar-refractivity contribution in [1.82, 2.24) is 15.0 Å². The molecular weight excluding hydrogens is 240 g/mol. The molecule has 0 aromatic carbocycles. The second kappa shape index (κ2) is 7.29. The van der Waals surface area contributed by atoms with E-state index in [0.717, 1.165) is 18.7 Å². The predicted octanol–water partition coefficient (Wildman–Crippen LogP) is 0.667. The maximum atomic E-state index is 11.6. The summed E-state index contributed by atoms with van der Waals surface area (Å²) in [5.41, 5.74) is 6.50. The number of ether oxygens (including phenoxy) is 1. The van der Waals surface area contributed by atoms with E-state index in [1.165, 1.54) is 0 Å². The summed E-state index contributed by atoms with van der Waals surface area (Å²) in [5, 5.41) is 7.77. The molecule has 1 aromatic heterocycles. The number of hydrogen-bond acceptors (Lipinski definition) is 6. The molecule has 0 aliphatic carbocycles. The Morgan fingerprint density at radius 3 is 2.94 bits per heavy atom. The summed E-state index contributed by atoms with van der Waals surface area (Å²) in [6, 6.07) is 0. The average Bonchev–Trinajstić information content (AvgIpc) is 2.73. The van der Waals surface area contributed by atoms with Gasteiger partial charge in [0.25, 0.3) is 0 Å². The lowest BCUT2D eigenvalue weighted by Gasteiger charge is -2.05. The topological polar surface area (TPSA) is 83.0 Å². The van der Waals surface area contributed by atoms with Crippen molar-refractivity contribution >= 4 is 17.7 Å². The van der Waals surface area contributed by atoms with E-state index in [1.54, 1.807) is 23.4 Å². The van der Waals surface area contributed by atoms with Crippen LogP contribution in [0.5, 0.6) is 0 Å². The smallest absolute Gasteiger partial charge is 0.360 e. The van der Waals surface area contributed by atoms with Crippen LogP contribution in [0.25, 0.3) is 0 Å². The van der Waals surface area contributed by atoms with Gasteiger partial charge < -0.3 is 10.5 Å². The van der Waals surface area contributed by atoms with Crippen LogP contribution in [0.1, 0.15) is 29.5 Å². The largest absolute Gasteiger partial charge is 0.461 e. The monoisotopic (exact) mass is 258 g/mol. The Balaban J connectivity index is 2.76. The molecule has 7 heteroatoms. The fraction of sp³-hybridized carbons (Fsp3) is 0.700. The molecule has 1 rings (SSSR count). The van der Waals surface area contributed by atoms with Crippen LogP contribution >= 0.6 is 11.8 Å². The van der Waals surface area contributed by atoms with Gasteiger partial charge in [-0.2, -0.15) is 11.8 Å². The highest BCUT2D eigenvalue weighted by molar-refractivity contribution is 7.98. The number of esters is 1. The fourth-order valence-corrected chi connectivity index (χ4v) is 1.85. The number of aromatic nitrogens is 3. The highest BCUT2D eigenvalue weighted by Gasteiger charge is 2.19. The molecule has 96 valence electrons. The van der Waals surface area contributed by atoms with Gasteiger partial charge >= 0.3 is 5.97 Å². The van der Waals surface area contributed by atoms with Crippen LogP contribution in [0.2, 0.25) is 0 Å². The third kappa shape index (κ3) is 3.71. The molecule has 0 fully saturated rings. The lowest BCUT2D eigenvalue weighted by Crippen LogP contribution is -2.14. The number of nitrogens with two attached hydrogens (primary N) is 1. The molecule has 0 bridgehead atoms. The summed E-state index contributed by atoms with van der Waals surface area (Å²) in [5.74, 6) is 0.586. The third-order valence-corrected chi connectivity index (χ3v) is 2.92. The molecule has 1 aromatic rings. The van der Waals surface area contributed by atoms with Crippen molar-refractivity contribution in [3.05, 3.63) is 11.4 Å². The quantitative estimate of drug-likeness (QED) is 0.571. The Kier molecular flexibility index (Phi) is 5.99. The summed E-state index contributed by atoms with van der Waals surface area (Å²) < 4.78 is 6.58. The number of nitrogens with zero attached hydrogens (tertiary/aromatic N) is 3. The van der Waals surface area contributed by atoms with Gasteiger partial charge in [0.15, 0.2) is 5.69 Å². The zero-order valence-electron chi connectivity index (χ0n) is 10.2. The van der Waals surface area contributed by atoms with Crippen molar-refractivity contribution in [2.24, 2.45) is 5.73 Å². The van der Waals surface area contributed by atoms with Crippen LogP contribution in [0.3, 0.4) is 0 Å². The van der Waals surface area contributed by atoms with E-state index in [4.69, 9.17) is 10.5 Å². The van der Waals surface area contributed by atoms with Gasteiger partial charge in [0, 0.05) is 13.1 Å². The van der Waals surface area contributed by atoms with Crippen LogP contribution in [0.4, 0.5) is 0 Å². The molecule has 0 radical (unpaired) electrons. The molecule has 17 heavy (non-hydrogen) atoms. The maximum absolute atomic E-state index is 11.6. The van der Waals surface area contributed by atoms with E-state index >= 15 is 0 Å². The van der Waals surface area contributed by atoms with Crippen molar-refractivity contribution in [3.8, 4) is 0 Å². The SMILES string of the molecule is CCOC(=O)c1nnn(CCCSC)c1CN. The second-order valence-corrected chi connectivity index (χ2v) is 4.36. The van der Waals surface area contributed by atoms with E-state index in [-0.39, 0.29) is 12.2 Å². The molecule has 0 aliphatic rings. The summed E-state index contributed by atoms with van der Waals surface area (Å²) in [7, 11) is 0. The second-order valence-electron chi connectivity index (χ2n) is 3.38. The first-order valence-corrected chi connectivity index (χ1v) is 6.92. The number of aryl methyl sites for hydroxylation is 1. The van der Waals surface area contributed by atoms with Gasteiger partial charge in [-0.1, -0.05) is 5.21 Å². The Morgan fingerprint density at radius 1 is 1.59 bits per heavy atom. The van der Waals surface area contributed by atoms with Crippen molar-refractivity contribution in [2.75, 3.05) is 18.6 Å². The van der Waals surface area contributed by atoms with Crippen LogP contribution in [-0.4, -0.2) is 39.6 Å². The van der Waals surface area contributed by atoms with Crippen molar-refractivity contribution in [1.29, 1.82) is 0 Å². The number of thioether (sulfide) groups is 1. The first-order chi connectivity index (χ1) is 8.24. The molecular formula is C10H18N4O2S. The Bertz CT molecular complexity index is 367. The molecule has 0 unspecified atom stereocenters. The lowest BCUT2D eigenvalue weighted by molar-refractivity contribution is 0.0518. The number of carbonyl (C=O) groups is 1. The third-order valence-electron chi connectivity index (χ3n) is 2.22. The molecule has 2 N–H and O–H groups in total. The lowest BCUT2D eigenvalue weighted by atomic mass is 10.3. The fourth-order valence-electron chi connectivity index (χ4n) is 1.43. The Labute approximate surface area is 105 Å². The van der Waals surface area contributed by atoms with Gasteiger partial charge in [-0.05, 0) is 25.4 Å². The van der Waals surface area contributed by atoms with Crippen LogP contribution < -0.4 is 5.73 Å². The Hall–Kier alpha value is -1.08. The van der Waals surface area contributed by atoms with E-state index in [2.05, 4.69) is 16.6 Å². The summed E-state index contributed by atoms with van der Waals surface area (Å²) in [6.45, 7) is 3.03. The van der Waals surface area contributed by atoms with Gasteiger partial charge in [0.05, 0.1) is 12.3 Å². The minimum atomic E-state index is -0.455. The van der Waals surface area contributed by atoms with Gasteiger partial charge in [-0.25, -0.2) is 9.48 Å². The zero-order chi connectivity index (χ0) is 12.7. The molecule has 6 nitrogen and oxygen atoms in total. The van der Waals surface area contributed by atoms with Crippen LogP contribution in [0, 0.1) is 0 Å². The number of carbonyl (C=O) groups excluding carboxylic acids is 1. The highest BCUT2D eigenvalue weighted by atomic mass is 32.2. The zero-order valence-corrected chi connectivity index (χ0v) is 11.0.